The van der Waals surface area contributed by atoms with Crippen LogP contribution >= 0.6 is 15.9 Å². The van der Waals surface area contributed by atoms with Crippen LogP contribution in [0.15, 0.2) is 16.6 Å². The Balaban J connectivity index is 2.73. The van der Waals surface area contributed by atoms with Crippen molar-refractivity contribution in [2.24, 2.45) is 0 Å². The summed E-state index contributed by atoms with van der Waals surface area (Å²) in [6.07, 6.45) is 0. The third-order valence-electron chi connectivity index (χ3n) is 2.11. The van der Waals surface area contributed by atoms with Crippen molar-refractivity contribution in [2.45, 2.75) is 13.8 Å². The normalized spacial score (nSPS) is 10.8. The molecule has 0 fully saturated rings. The molecule has 2 aromatic rings. The lowest BCUT2D eigenvalue weighted by atomic mass is 10.3. The highest BCUT2D eigenvalue weighted by molar-refractivity contribution is 9.10. The SMILES string of the molecule is Cc1nc(C)n(-c2c(F)ccc(Br)c2F)n1. The molecule has 0 saturated heterocycles. The summed E-state index contributed by atoms with van der Waals surface area (Å²) < 4.78 is 28.7. The molecule has 84 valence electrons. The minimum atomic E-state index is -0.687. The molecule has 1 heterocycles. The third-order valence-corrected chi connectivity index (χ3v) is 2.72. The monoisotopic (exact) mass is 287 g/mol. The molecule has 16 heavy (non-hydrogen) atoms. The Morgan fingerprint density at radius 2 is 1.94 bits per heavy atom. The van der Waals surface area contributed by atoms with E-state index in [9.17, 15) is 8.78 Å². The topological polar surface area (TPSA) is 30.7 Å². The zero-order valence-electron chi connectivity index (χ0n) is 8.63. The molecular formula is C10H8BrF2N3. The van der Waals surface area contributed by atoms with Crippen molar-refractivity contribution in [3.63, 3.8) is 0 Å². The smallest absolute Gasteiger partial charge is 0.166 e. The Morgan fingerprint density at radius 3 is 2.50 bits per heavy atom. The largest absolute Gasteiger partial charge is 0.217 e. The molecule has 0 amide bonds. The van der Waals surface area contributed by atoms with Crippen LogP contribution in [0.5, 0.6) is 0 Å². The number of hydrogen-bond donors (Lipinski definition) is 0. The first-order chi connectivity index (χ1) is 7.50. The van der Waals surface area contributed by atoms with Gasteiger partial charge < -0.3 is 0 Å². The van der Waals surface area contributed by atoms with Crippen LogP contribution in [0, 0.1) is 25.5 Å². The first-order valence-corrected chi connectivity index (χ1v) is 5.34. The Hall–Kier alpha value is -1.30. The molecule has 6 heteroatoms. The Morgan fingerprint density at radius 1 is 1.25 bits per heavy atom. The zero-order chi connectivity index (χ0) is 11.9. The third kappa shape index (κ3) is 1.73. The number of hydrogen-bond acceptors (Lipinski definition) is 2. The molecule has 0 saturated carbocycles. The average Bonchev–Trinajstić information content (AvgIpc) is 2.53. The number of nitrogens with zero attached hydrogens (tertiary/aromatic N) is 3. The summed E-state index contributed by atoms with van der Waals surface area (Å²) >= 11 is 3.01. The lowest BCUT2D eigenvalue weighted by Crippen LogP contribution is -2.06. The fourth-order valence-electron chi connectivity index (χ4n) is 1.44. The Labute approximate surface area is 99.2 Å². The van der Waals surface area contributed by atoms with E-state index >= 15 is 0 Å². The van der Waals surface area contributed by atoms with Gasteiger partial charge in [0.25, 0.3) is 0 Å². The molecule has 0 unspecified atom stereocenters. The van der Waals surface area contributed by atoms with E-state index in [1.54, 1.807) is 13.8 Å². The van der Waals surface area contributed by atoms with E-state index in [0.29, 0.717) is 11.6 Å². The first-order valence-electron chi connectivity index (χ1n) is 4.55. The van der Waals surface area contributed by atoms with Crippen LogP contribution < -0.4 is 0 Å². The highest BCUT2D eigenvalue weighted by atomic mass is 79.9. The van der Waals surface area contributed by atoms with E-state index < -0.39 is 11.6 Å². The molecule has 0 aliphatic rings. The summed E-state index contributed by atoms with van der Waals surface area (Å²) in [4.78, 5) is 4.00. The quantitative estimate of drug-likeness (QED) is 0.755. The van der Waals surface area contributed by atoms with Crippen molar-refractivity contribution < 1.29 is 8.78 Å². The second-order valence-corrected chi connectivity index (χ2v) is 4.16. The van der Waals surface area contributed by atoms with Crippen LogP contribution in [0.25, 0.3) is 5.69 Å². The van der Waals surface area contributed by atoms with Crippen molar-refractivity contribution in [2.75, 3.05) is 0 Å². The van der Waals surface area contributed by atoms with Crippen LogP contribution in [-0.2, 0) is 0 Å². The molecule has 0 aliphatic carbocycles. The average molecular weight is 288 g/mol. The Kier molecular flexibility index (Phi) is 2.75. The van der Waals surface area contributed by atoms with E-state index in [1.807, 2.05) is 0 Å². The molecule has 0 atom stereocenters. The summed E-state index contributed by atoms with van der Waals surface area (Å²) in [6.45, 7) is 3.30. The maximum absolute atomic E-state index is 13.8. The summed E-state index contributed by atoms with van der Waals surface area (Å²) in [5, 5.41) is 3.95. The standard InChI is InChI=1S/C10H8BrF2N3/c1-5-14-6(2)16(15-5)10-8(12)4-3-7(11)9(10)13/h3-4H,1-2H3. The molecule has 0 bridgehead atoms. The van der Waals surface area contributed by atoms with E-state index in [4.69, 9.17) is 0 Å². The van der Waals surface area contributed by atoms with Gasteiger partial charge >= 0.3 is 0 Å². The van der Waals surface area contributed by atoms with Gasteiger partial charge in [0.15, 0.2) is 11.6 Å². The number of benzene rings is 1. The lowest BCUT2D eigenvalue weighted by molar-refractivity contribution is 0.552. The molecule has 1 aromatic heterocycles. The van der Waals surface area contributed by atoms with Crippen molar-refractivity contribution in [3.8, 4) is 5.69 Å². The number of aromatic nitrogens is 3. The van der Waals surface area contributed by atoms with E-state index in [0.717, 1.165) is 4.68 Å². The van der Waals surface area contributed by atoms with Crippen molar-refractivity contribution in [1.82, 2.24) is 14.8 Å². The second kappa shape index (κ2) is 3.93. The predicted octanol–water partition coefficient (Wildman–Crippen LogP) is 2.92. The van der Waals surface area contributed by atoms with Gasteiger partial charge in [0.1, 0.15) is 17.3 Å². The van der Waals surface area contributed by atoms with Gasteiger partial charge in [0.05, 0.1) is 4.47 Å². The zero-order valence-corrected chi connectivity index (χ0v) is 10.2. The summed E-state index contributed by atoms with van der Waals surface area (Å²) in [5.41, 5.74) is -0.215. The van der Waals surface area contributed by atoms with Crippen molar-refractivity contribution in [1.29, 1.82) is 0 Å². The number of halogens is 3. The van der Waals surface area contributed by atoms with Gasteiger partial charge in [-0.15, -0.1) is 0 Å². The van der Waals surface area contributed by atoms with Gasteiger partial charge in [-0.2, -0.15) is 5.10 Å². The highest BCUT2D eigenvalue weighted by Crippen LogP contribution is 2.25. The maximum atomic E-state index is 13.8. The Bertz CT molecular complexity index is 551. The molecule has 0 aliphatic heterocycles. The van der Waals surface area contributed by atoms with E-state index in [-0.39, 0.29) is 10.2 Å². The van der Waals surface area contributed by atoms with Crippen LogP contribution in [0.4, 0.5) is 8.78 Å². The van der Waals surface area contributed by atoms with Crippen LogP contribution in [-0.4, -0.2) is 14.8 Å². The van der Waals surface area contributed by atoms with Crippen LogP contribution in [0.1, 0.15) is 11.6 Å². The van der Waals surface area contributed by atoms with Gasteiger partial charge in [0, 0.05) is 0 Å². The minimum absolute atomic E-state index is 0.191. The summed E-state index contributed by atoms with van der Waals surface area (Å²) in [7, 11) is 0. The summed E-state index contributed by atoms with van der Waals surface area (Å²) in [6, 6.07) is 2.49. The fourth-order valence-corrected chi connectivity index (χ4v) is 1.76. The molecule has 0 N–H and O–H groups in total. The van der Waals surface area contributed by atoms with Gasteiger partial charge in [-0.3, -0.25) is 0 Å². The molecule has 2 rings (SSSR count). The molecule has 0 radical (unpaired) electrons. The van der Waals surface area contributed by atoms with E-state index in [2.05, 4.69) is 26.0 Å². The van der Waals surface area contributed by atoms with Crippen LogP contribution in [0.3, 0.4) is 0 Å². The second-order valence-electron chi connectivity index (χ2n) is 3.31. The molecule has 0 spiro atoms. The lowest BCUT2D eigenvalue weighted by Gasteiger charge is -2.07. The van der Waals surface area contributed by atoms with Gasteiger partial charge in [-0.25, -0.2) is 18.4 Å². The van der Waals surface area contributed by atoms with Gasteiger partial charge in [-0.05, 0) is 41.9 Å². The maximum Gasteiger partial charge on any atom is 0.166 e. The van der Waals surface area contributed by atoms with Gasteiger partial charge in [0.2, 0.25) is 0 Å². The fraction of sp³-hybridized carbons (Fsp3) is 0.200. The molecular weight excluding hydrogens is 280 g/mol. The van der Waals surface area contributed by atoms with Crippen molar-refractivity contribution in [3.05, 3.63) is 39.9 Å². The van der Waals surface area contributed by atoms with E-state index in [1.165, 1.54) is 12.1 Å². The summed E-state index contributed by atoms with van der Waals surface area (Å²) in [5.74, 6) is -0.452. The minimum Gasteiger partial charge on any atom is -0.217 e. The predicted molar refractivity (Wildman–Crippen MR) is 58.4 cm³/mol. The van der Waals surface area contributed by atoms with Crippen molar-refractivity contribution >= 4 is 15.9 Å². The number of rotatable bonds is 1. The van der Waals surface area contributed by atoms with Gasteiger partial charge in [-0.1, -0.05) is 0 Å². The first kappa shape index (κ1) is 11.2. The highest BCUT2D eigenvalue weighted by Gasteiger charge is 2.17. The van der Waals surface area contributed by atoms with Crippen LogP contribution in [0.2, 0.25) is 0 Å². The molecule has 1 aromatic carbocycles. The number of aryl methyl sites for hydroxylation is 2. The molecule has 3 nitrogen and oxygen atoms in total.